The summed E-state index contributed by atoms with van der Waals surface area (Å²) in [7, 11) is 0. The number of allylic oxidation sites excluding steroid dienone is 2. The predicted octanol–water partition coefficient (Wildman–Crippen LogP) is 5.36. The smallest absolute Gasteiger partial charge is 0.338 e. The van der Waals surface area contributed by atoms with Crippen molar-refractivity contribution in [3.63, 3.8) is 0 Å². The first-order valence-electron chi connectivity index (χ1n) is 12.8. The van der Waals surface area contributed by atoms with Crippen molar-refractivity contribution in [2.24, 2.45) is 4.99 Å². The van der Waals surface area contributed by atoms with Gasteiger partial charge < -0.3 is 9.30 Å². The molecular formula is C31H31N3O3S2. The third-order valence-corrected chi connectivity index (χ3v) is 8.61. The van der Waals surface area contributed by atoms with Crippen LogP contribution in [0.4, 0.5) is 0 Å². The van der Waals surface area contributed by atoms with E-state index in [0.29, 0.717) is 27.1 Å². The number of carbonyl (C=O) groups is 1. The fourth-order valence-corrected chi connectivity index (χ4v) is 6.53. The number of ether oxygens (including phenoxy) is 1. The molecule has 0 bridgehead atoms. The molecule has 39 heavy (non-hydrogen) atoms. The Morgan fingerprint density at radius 3 is 2.56 bits per heavy atom. The van der Waals surface area contributed by atoms with Gasteiger partial charge in [0, 0.05) is 33.6 Å². The highest BCUT2D eigenvalue weighted by atomic mass is 32.2. The Bertz CT molecular complexity index is 1800. The summed E-state index contributed by atoms with van der Waals surface area (Å²) in [6, 6.07) is 15.5. The number of rotatable bonds is 7. The Labute approximate surface area is 235 Å². The highest BCUT2D eigenvalue weighted by molar-refractivity contribution is 7.98. The van der Waals surface area contributed by atoms with Crippen molar-refractivity contribution in [2.75, 3.05) is 6.26 Å². The van der Waals surface area contributed by atoms with Gasteiger partial charge in [0.1, 0.15) is 0 Å². The van der Waals surface area contributed by atoms with Crippen LogP contribution in [0.2, 0.25) is 0 Å². The van der Waals surface area contributed by atoms with Crippen molar-refractivity contribution >= 4 is 46.0 Å². The number of para-hydroxylation sites is 1. The SMILES string of the molecule is C=CCn1c(C)c(/C=c2\sc3n(c2=O)[C@H](c2ccc(SC)cc2)C(C(=O)OC(C)C)=C(C)N=3)c2ccccc21. The molecule has 3 heterocycles. The third-order valence-electron chi connectivity index (χ3n) is 6.88. The van der Waals surface area contributed by atoms with E-state index in [9.17, 15) is 9.59 Å². The lowest BCUT2D eigenvalue weighted by molar-refractivity contribution is -0.143. The van der Waals surface area contributed by atoms with Crippen molar-refractivity contribution in [2.45, 2.75) is 51.3 Å². The molecule has 0 amide bonds. The number of carbonyl (C=O) groups excluding carboxylic acids is 1. The van der Waals surface area contributed by atoms with Crippen molar-refractivity contribution in [3.8, 4) is 0 Å². The van der Waals surface area contributed by atoms with Gasteiger partial charge in [0.25, 0.3) is 5.56 Å². The van der Waals surface area contributed by atoms with Crippen LogP contribution in [-0.4, -0.2) is 27.5 Å². The molecule has 1 atom stereocenters. The molecule has 0 spiro atoms. The summed E-state index contributed by atoms with van der Waals surface area (Å²) in [6.45, 7) is 12.1. The first-order valence-corrected chi connectivity index (χ1v) is 14.9. The zero-order chi connectivity index (χ0) is 27.8. The zero-order valence-electron chi connectivity index (χ0n) is 22.7. The molecule has 2 aromatic heterocycles. The van der Waals surface area contributed by atoms with E-state index in [1.54, 1.807) is 16.3 Å². The van der Waals surface area contributed by atoms with E-state index in [2.05, 4.69) is 30.2 Å². The first-order chi connectivity index (χ1) is 18.7. The second kappa shape index (κ2) is 10.9. The van der Waals surface area contributed by atoms with Gasteiger partial charge in [-0.05, 0) is 63.8 Å². The maximum Gasteiger partial charge on any atom is 0.338 e. The monoisotopic (exact) mass is 557 g/mol. The van der Waals surface area contributed by atoms with Crippen LogP contribution in [0.25, 0.3) is 17.0 Å². The maximum absolute atomic E-state index is 14.1. The van der Waals surface area contributed by atoms with Crippen LogP contribution in [0, 0.1) is 6.92 Å². The molecule has 0 fully saturated rings. The molecule has 0 unspecified atom stereocenters. The van der Waals surface area contributed by atoms with Crippen molar-refractivity contribution in [1.82, 2.24) is 9.13 Å². The summed E-state index contributed by atoms with van der Waals surface area (Å²) in [6.07, 6.45) is 5.56. The molecule has 2 aromatic carbocycles. The maximum atomic E-state index is 14.1. The summed E-state index contributed by atoms with van der Waals surface area (Å²) in [4.78, 5) is 33.8. The molecule has 0 saturated heterocycles. The van der Waals surface area contributed by atoms with Crippen LogP contribution < -0.4 is 14.9 Å². The molecule has 0 saturated carbocycles. The van der Waals surface area contributed by atoms with E-state index in [4.69, 9.17) is 9.73 Å². The minimum absolute atomic E-state index is 0.181. The molecule has 6 nitrogen and oxygen atoms in total. The predicted molar refractivity (Wildman–Crippen MR) is 160 cm³/mol. The molecule has 0 radical (unpaired) electrons. The highest BCUT2D eigenvalue weighted by Crippen LogP contribution is 2.32. The van der Waals surface area contributed by atoms with E-state index in [-0.39, 0.29) is 11.7 Å². The molecule has 1 aliphatic rings. The number of hydrogen-bond acceptors (Lipinski definition) is 6. The van der Waals surface area contributed by atoms with Crippen LogP contribution in [0.5, 0.6) is 0 Å². The topological polar surface area (TPSA) is 65.6 Å². The zero-order valence-corrected chi connectivity index (χ0v) is 24.4. The number of thiazole rings is 1. The molecule has 200 valence electrons. The standard InChI is InChI=1S/C31H31N3O3S2/c1-7-16-33-20(5)24(23-10-8-9-11-25(23)33)17-26-29(35)34-28(21-12-14-22(38-6)15-13-21)27(30(36)37-18(2)3)19(4)32-31(34)39-26/h7-15,17-18,28H,1,16H2,2-6H3/b26-17-/t28-/m1/s1. The van der Waals surface area contributed by atoms with Gasteiger partial charge in [0.15, 0.2) is 4.80 Å². The Morgan fingerprint density at radius 1 is 1.18 bits per heavy atom. The third kappa shape index (κ3) is 4.83. The molecule has 0 N–H and O–H groups in total. The number of fused-ring (bicyclic) bond motifs is 2. The van der Waals surface area contributed by atoms with E-state index in [1.807, 2.05) is 75.6 Å². The number of nitrogens with zero attached hydrogens (tertiary/aromatic N) is 3. The van der Waals surface area contributed by atoms with Gasteiger partial charge >= 0.3 is 5.97 Å². The number of benzene rings is 2. The van der Waals surface area contributed by atoms with Gasteiger partial charge in [-0.1, -0.05) is 47.7 Å². The second-order valence-corrected chi connectivity index (χ2v) is 11.6. The highest BCUT2D eigenvalue weighted by Gasteiger charge is 2.33. The van der Waals surface area contributed by atoms with Crippen molar-refractivity contribution in [3.05, 3.63) is 109 Å². The average molecular weight is 558 g/mol. The van der Waals surface area contributed by atoms with Crippen LogP contribution in [0.3, 0.4) is 0 Å². The Hall–Kier alpha value is -3.62. The van der Waals surface area contributed by atoms with Gasteiger partial charge in [-0.3, -0.25) is 9.36 Å². The number of esters is 1. The van der Waals surface area contributed by atoms with Gasteiger partial charge in [0.2, 0.25) is 0 Å². The van der Waals surface area contributed by atoms with Gasteiger partial charge in [-0.15, -0.1) is 18.3 Å². The van der Waals surface area contributed by atoms with E-state index >= 15 is 0 Å². The molecule has 1 aliphatic heterocycles. The molecule has 0 aliphatic carbocycles. The summed E-state index contributed by atoms with van der Waals surface area (Å²) >= 11 is 2.98. The Kier molecular flexibility index (Phi) is 7.51. The van der Waals surface area contributed by atoms with Gasteiger partial charge in [0.05, 0.1) is 27.9 Å². The van der Waals surface area contributed by atoms with Crippen molar-refractivity contribution < 1.29 is 9.53 Å². The van der Waals surface area contributed by atoms with Gasteiger partial charge in [-0.25, -0.2) is 9.79 Å². The van der Waals surface area contributed by atoms with E-state index < -0.39 is 12.0 Å². The lowest BCUT2D eigenvalue weighted by atomic mass is 9.96. The average Bonchev–Trinajstić information content (AvgIpc) is 3.36. The summed E-state index contributed by atoms with van der Waals surface area (Å²) in [5.41, 5.74) is 4.75. The van der Waals surface area contributed by atoms with Crippen LogP contribution in [0.1, 0.15) is 43.6 Å². The van der Waals surface area contributed by atoms with Crippen LogP contribution >= 0.6 is 23.1 Å². The fraction of sp³-hybridized carbons (Fsp3) is 0.258. The quantitative estimate of drug-likeness (QED) is 0.174. The minimum atomic E-state index is -0.631. The summed E-state index contributed by atoms with van der Waals surface area (Å²) < 4.78 is 10.0. The molecule has 5 rings (SSSR count). The van der Waals surface area contributed by atoms with Crippen LogP contribution in [-0.2, 0) is 16.1 Å². The number of hydrogen-bond donors (Lipinski definition) is 0. The molecule has 4 aromatic rings. The minimum Gasteiger partial charge on any atom is -0.459 e. The van der Waals surface area contributed by atoms with Crippen molar-refractivity contribution in [1.29, 1.82) is 0 Å². The lowest BCUT2D eigenvalue weighted by Crippen LogP contribution is -2.40. The van der Waals surface area contributed by atoms with E-state index in [0.717, 1.165) is 32.6 Å². The number of aromatic nitrogens is 2. The second-order valence-electron chi connectivity index (χ2n) is 9.72. The lowest BCUT2D eigenvalue weighted by Gasteiger charge is -2.25. The van der Waals surface area contributed by atoms with Crippen LogP contribution in [0.15, 0.2) is 87.1 Å². The molecular weight excluding hydrogens is 526 g/mol. The van der Waals surface area contributed by atoms with E-state index in [1.165, 1.54) is 11.3 Å². The Balaban J connectivity index is 1.75. The molecule has 8 heteroatoms. The number of thioether (sulfide) groups is 1. The van der Waals surface area contributed by atoms with Gasteiger partial charge in [-0.2, -0.15) is 0 Å². The summed E-state index contributed by atoms with van der Waals surface area (Å²) in [5, 5.41) is 1.07. The summed E-state index contributed by atoms with van der Waals surface area (Å²) in [5.74, 6) is -0.456. The normalized spacial score (nSPS) is 15.5. The first kappa shape index (κ1) is 27.0. The fourth-order valence-electron chi connectivity index (χ4n) is 5.10. The Morgan fingerprint density at radius 2 is 1.90 bits per heavy atom. The largest absolute Gasteiger partial charge is 0.459 e.